The summed E-state index contributed by atoms with van der Waals surface area (Å²) in [6.07, 6.45) is 7.76. The van der Waals surface area contributed by atoms with E-state index in [1.165, 1.54) is 16.7 Å². The van der Waals surface area contributed by atoms with Crippen molar-refractivity contribution >= 4 is 11.5 Å². The van der Waals surface area contributed by atoms with Crippen LogP contribution >= 0.6 is 0 Å². The van der Waals surface area contributed by atoms with Crippen molar-refractivity contribution in [2.45, 2.75) is 32.6 Å². The molecule has 0 aliphatic heterocycles. The molecule has 3 heteroatoms. The maximum atomic E-state index is 11.4. The number of hydrogen-bond donors (Lipinski definition) is 0. The molecule has 0 saturated heterocycles. The minimum absolute atomic E-state index is 0.157. The predicted octanol–water partition coefficient (Wildman–Crippen LogP) is 4.14. The van der Waals surface area contributed by atoms with Gasteiger partial charge in [-0.05, 0) is 49.5 Å². The number of esters is 1. The zero-order valence-corrected chi connectivity index (χ0v) is 12.7. The number of methoxy groups -OCH3 is 1. The molecule has 0 unspecified atom stereocenters. The summed E-state index contributed by atoms with van der Waals surface area (Å²) >= 11 is 0. The second-order valence-corrected chi connectivity index (χ2v) is 5.04. The molecule has 0 amide bonds. The van der Waals surface area contributed by atoms with Crippen LogP contribution in [0.2, 0.25) is 0 Å². The number of hydrogen-bond acceptors (Lipinski definition) is 3. The maximum absolute atomic E-state index is 11.4. The topological polar surface area (TPSA) is 35.5 Å². The van der Waals surface area contributed by atoms with E-state index in [2.05, 4.69) is 18.2 Å². The predicted molar refractivity (Wildman–Crippen MR) is 84.2 cm³/mol. The highest BCUT2D eigenvalue weighted by Gasteiger charge is 2.10. The van der Waals surface area contributed by atoms with E-state index in [1.807, 2.05) is 25.1 Å². The zero-order valence-electron chi connectivity index (χ0n) is 12.7. The zero-order chi connectivity index (χ0) is 15.1. The first-order valence-electron chi connectivity index (χ1n) is 7.42. The van der Waals surface area contributed by atoms with Gasteiger partial charge >= 0.3 is 5.97 Å². The average Bonchev–Trinajstić information content (AvgIpc) is 2.54. The van der Waals surface area contributed by atoms with Crippen molar-refractivity contribution in [2.75, 3.05) is 13.7 Å². The van der Waals surface area contributed by atoms with Crippen LogP contribution in [-0.4, -0.2) is 19.7 Å². The third-order valence-electron chi connectivity index (χ3n) is 3.57. The highest BCUT2D eigenvalue weighted by atomic mass is 16.5. The Bertz CT molecular complexity index is 538. The van der Waals surface area contributed by atoms with Crippen LogP contribution in [0.4, 0.5) is 0 Å². The lowest BCUT2D eigenvalue weighted by Crippen LogP contribution is -2.02. The van der Waals surface area contributed by atoms with E-state index in [1.54, 1.807) is 7.11 Å². The monoisotopic (exact) mass is 286 g/mol. The molecule has 1 aliphatic rings. The normalized spacial score (nSPS) is 16.5. The van der Waals surface area contributed by atoms with Gasteiger partial charge in [-0.1, -0.05) is 29.9 Å². The van der Waals surface area contributed by atoms with Crippen LogP contribution in [0, 0.1) is 0 Å². The van der Waals surface area contributed by atoms with Crippen LogP contribution in [0.15, 0.2) is 42.0 Å². The van der Waals surface area contributed by atoms with E-state index in [-0.39, 0.29) is 5.97 Å². The first kappa shape index (κ1) is 15.4. The minimum Gasteiger partial charge on any atom is -0.497 e. The summed E-state index contributed by atoms with van der Waals surface area (Å²) in [5.74, 6) is 0.711. The number of carbonyl (C=O) groups excluding carboxylic acids is 1. The largest absolute Gasteiger partial charge is 0.497 e. The summed E-state index contributed by atoms with van der Waals surface area (Å²) in [6, 6.07) is 8.12. The molecule has 2 rings (SSSR count). The Balaban J connectivity index is 2.08. The molecule has 0 aromatic heterocycles. The van der Waals surface area contributed by atoms with Gasteiger partial charge in [0, 0.05) is 0 Å². The summed E-state index contributed by atoms with van der Waals surface area (Å²) in [7, 11) is 1.67. The summed E-state index contributed by atoms with van der Waals surface area (Å²) in [4.78, 5) is 11.4. The van der Waals surface area contributed by atoms with E-state index in [0.29, 0.717) is 13.0 Å². The molecule has 0 bridgehead atoms. The third kappa shape index (κ3) is 4.48. The highest BCUT2D eigenvalue weighted by Crippen LogP contribution is 2.30. The molecule has 1 aromatic rings. The van der Waals surface area contributed by atoms with Crippen LogP contribution in [0.25, 0.3) is 5.57 Å². The summed E-state index contributed by atoms with van der Waals surface area (Å²) in [6.45, 7) is 2.27. The van der Waals surface area contributed by atoms with Crippen LogP contribution < -0.4 is 4.74 Å². The molecule has 0 spiro atoms. The molecule has 112 valence electrons. The quantitative estimate of drug-likeness (QED) is 0.763. The van der Waals surface area contributed by atoms with Crippen LogP contribution in [0.1, 0.15) is 38.2 Å². The van der Waals surface area contributed by atoms with Crippen molar-refractivity contribution < 1.29 is 14.3 Å². The molecule has 1 aromatic carbocycles. The molecule has 0 fully saturated rings. The molecular formula is C18H22O3. The summed E-state index contributed by atoms with van der Waals surface area (Å²) < 4.78 is 10.1. The molecule has 0 saturated carbocycles. The standard InChI is InChI=1S/C18H22O3/c1-3-21-18(19)12-7-14-5-4-6-16(13-14)15-8-10-17(20-2)11-9-15/h7-11,13H,3-6,12H2,1-2H3/b14-7+. The van der Waals surface area contributed by atoms with Crippen LogP contribution in [0.3, 0.4) is 0 Å². The van der Waals surface area contributed by atoms with Gasteiger partial charge in [-0.25, -0.2) is 0 Å². The Kier molecular flexibility index (Phi) is 5.61. The smallest absolute Gasteiger partial charge is 0.309 e. The van der Waals surface area contributed by atoms with Crippen molar-refractivity contribution in [2.24, 2.45) is 0 Å². The number of ether oxygens (including phenoxy) is 2. The molecule has 3 nitrogen and oxygen atoms in total. The average molecular weight is 286 g/mol. The molecule has 0 atom stereocenters. The number of carbonyl (C=O) groups is 1. The third-order valence-corrected chi connectivity index (χ3v) is 3.57. The van der Waals surface area contributed by atoms with Gasteiger partial charge in [0.1, 0.15) is 5.75 Å². The molecule has 1 aliphatic carbocycles. The SMILES string of the molecule is CCOC(=O)C/C=C1/C=C(c2ccc(OC)cc2)CCC1. The fourth-order valence-corrected chi connectivity index (χ4v) is 2.48. The van der Waals surface area contributed by atoms with Crippen LogP contribution in [-0.2, 0) is 9.53 Å². The number of rotatable bonds is 5. The van der Waals surface area contributed by atoms with Gasteiger partial charge < -0.3 is 9.47 Å². The van der Waals surface area contributed by atoms with Gasteiger partial charge in [-0.15, -0.1) is 0 Å². The Labute approximate surface area is 126 Å². The fourth-order valence-electron chi connectivity index (χ4n) is 2.48. The number of benzene rings is 1. The van der Waals surface area contributed by atoms with Gasteiger partial charge in [0.25, 0.3) is 0 Å². The summed E-state index contributed by atoms with van der Waals surface area (Å²) in [5.41, 5.74) is 3.76. The van der Waals surface area contributed by atoms with Crippen molar-refractivity contribution in [3.8, 4) is 5.75 Å². The van der Waals surface area contributed by atoms with Gasteiger partial charge in [0.15, 0.2) is 0 Å². The first-order valence-corrected chi connectivity index (χ1v) is 7.42. The fraction of sp³-hybridized carbons (Fsp3) is 0.389. The number of allylic oxidation sites excluding steroid dienone is 3. The summed E-state index contributed by atoms with van der Waals surface area (Å²) in [5, 5.41) is 0. The lowest BCUT2D eigenvalue weighted by molar-refractivity contribution is -0.142. The van der Waals surface area contributed by atoms with Crippen molar-refractivity contribution in [1.82, 2.24) is 0 Å². The Morgan fingerprint density at radius 2 is 2.00 bits per heavy atom. The Morgan fingerprint density at radius 1 is 1.24 bits per heavy atom. The van der Waals surface area contributed by atoms with Gasteiger partial charge in [-0.3, -0.25) is 4.79 Å². The van der Waals surface area contributed by atoms with E-state index >= 15 is 0 Å². The second-order valence-electron chi connectivity index (χ2n) is 5.04. The van der Waals surface area contributed by atoms with E-state index in [4.69, 9.17) is 9.47 Å². The van der Waals surface area contributed by atoms with Gasteiger partial charge in [0.2, 0.25) is 0 Å². The second kappa shape index (κ2) is 7.67. The highest BCUT2D eigenvalue weighted by molar-refractivity contribution is 5.73. The molecule has 0 N–H and O–H groups in total. The Morgan fingerprint density at radius 3 is 2.67 bits per heavy atom. The lowest BCUT2D eigenvalue weighted by atomic mass is 9.90. The molecule has 0 heterocycles. The molecule has 21 heavy (non-hydrogen) atoms. The van der Waals surface area contributed by atoms with Crippen molar-refractivity contribution in [3.05, 3.63) is 47.6 Å². The molecule has 0 radical (unpaired) electrons. The van der Waals surface area contributed by atoms with Gasteiger partial charge in [0.05, 0.1) is 20.1 Å². The lowest BCUT2D eigenvalue weighted by Gasteiger charge is -2.16. The van der Waals surface area contributed by atoms with E-state index < -0.39 is 0 Å². The van der Waals surface area contributed by atoms with Crippen molar-refractivity contribution in [3.63, 3.8) is 0 Å². The molecular weight excluding hydrogens is 264 g/mol. The Hall–Kier alpha value is -2.03. The first-order chi connectivity index (χ1) is 10.2. The minimum atomic E-state index is -0.157. The van der Waals surface area contributed by atoms with Crippen LogP contribution in [0.5, 0.6) is 5.75 Å². The van der Waals surface area contributed by atoms with E-state index in [9.17, 15) is 4.79 Å². The maximum Gasteiger partial charge on any atom is 0.309 e. The van der Waals surface area contributed by atoms with E-state index in [0.717, 1.165) is 25.0 Å². The van der Waals surface area contributed by atoms with Crippen molar-refractivity contribution in [1.29, 1.82) is 0 Å². The van der Waals surface area contributed by atoms with Gasteiger partial charge in [-0.2, -0.15) is 0 Å².